The molecule has 0 atom stereocenters. The van der Waals surface area contributed by atoms with E-state index in [-0.39, 0.29) is 11.5 Å². The van der Waals surface area contributed by atoms with E-state index in [0.717, 1.165) is 40.0 Å². The molecule has 0 heterocycles. The number of aryl methyl sites for hydroxylation is 1. The summed E-state index contributed by atoms with van der Waals surface area (Å²) in [6.07, 6.45) is 5.22. The Morgan fingerprint density at radius 3 is 2.00 bits per heavy atom. The predicted octanol–water partition coefficient (Wildman–Crippen LogP) is 4.55. The van der Waals surface area contributed by atoms with E-state index in [0.29, 0.717) is 12.2 Å². The highest BCUT2D eigenvalue weighted by Crippen LogP contribution is 2.32. The smallest absolute Gasteiger partial charge is 0.185 e. The number of allylic oxidation sites excluding steroid dienone is 2. The number of methoxy groups -OCH3 is 2. The first-order chi connectivity index (χ1) is 12.5. The van der Waals surface area contributed by atoms with Crippen LogP contribution in [0.1, 0.15) is 29.5 Å². The normalized spacial score (nSPS) is 17.1. The van der Waals surface area contributed by atoms with Crippen LogP contribution in [0.25, 0.3) is 12.2 Å². The molecule has 1 aliphatic carbocycles. The molecule has 1 aliphatic rings. The van der Waals surface area contributed by atoms with Gasteiger partial charge >= 0.3 is 0 Å². The lowest BCUT2D eigenvalue weighted by atomic mass is 10.1. The number of benzene rings is 2. The Balaban J connectivity index is 1.86. The number of carbonyl (C=O) groups is 1. The summed E-state index contributed by atoms with van der Waals surface area (Å²) >= 11 is 0. The van der Waals surface area contributed by atoms with Crippen LogP contribution >= 0.6 is 0 Å². The average Bonchev–Trinajstić information content (AvgIpc) is 2.98. The molecule has 134 valence electrons. The van der Waals surface area contributed by atoms with Gasteiger partial charge in [0.25, 0.3) is 0 Å². The second kappa shape index (κ2) is 7.48. The summed E-state index contributed by atoms with van der Waals surface area (Å²) in [5, 5.41) is 9.68. The van der Waals surface area contributed by atoms with Gasteiger partial charge in [-0.05, 0) is 66.8 Å². The number of Topliss-reactive ketones (excluding diaryl/α,β-unsaturated/α-hetero) is 1. The van der Waals surface area contributed by atoms with E-state index in [1.54, 1.807) is 25.3 Å². The summed E-state index contributed by atoms with van der Waals surface area (Å²) in [5.41, 5.74) is 4.43. The molecule has 2 aromatic carbocycles. The molecule has 0 amide bonds. The van der Waals surface area contributed by atoms with Crippen LogP contribution in [0.2, 0.25) is 0 Å². The van der Waals surface area contributed by atoms with Crippen molar-refractivity contribution in [3.05, 3.63) is 64.2 Å². The SMILES string of the molecule is COc1cc(/C=C2\CC/C(=C\c3ccc(O)c(OC)c3)C2=O)ccc1C. The van der Waals surface area contributed by atoms with Crippen molar-refractivity contribution in [1.29, 1.82) is 0 Å². The number of ether oxygens (including phenoxy) is 2. The Morgan fingerprint density at radius 2 is 1.42 bits per heavy atom. The first kappa shape index (κ1) is 17.8. The Kier molecular flexibility index (Phi) is 5.12. The van der Waals surface area contributed by atoms with Crippen LogP contribution in [0.5, 0.6) is 17.2 Å². The largest absolute Gasteiger partial charge is 0.504 e. The Labute approximate surface area is 153 Å². The lowest BCUT2D eigenvalue weighted by Gasteiger charge is -2.05. The Bertz CT molecular complexity index is 833. The first-order valence-electron chi connectivity index (χ1n) is 8.49. The molecule has 4 nitrogen and oxygen atoms in total. The number of carbonyl (C=O) groups excluding carboxylic acids is 1. The highest BCUT2D eigenvalue weighted by molar-refractivity contribution is 6.15. The number of hydrogen-bond donors (Lipinski definition) is 1. The maximum absolute atomic E-state index is 12.7. The molecule has 1 fully saturated rings. The summed E-state index contributed by atoms with van der Waals surface area (Å²) in [7, 11) is 3.15. The molecule has 1 N–H and O–H groups in total. The molecular formula is C22H22O4. The quantitative estimate of drug-likeness (QED) is 0.822. The molecule has 0 unspecified atom stereocenters. The van der Waals surface area contributed by atoms with E-state index in [1.807, 2.05) is 37.3 Å². The molecule has 1 saturated carbocycles. The molecule has 0 radical (unpaired) electrons. The fraction of sp³-hybridized carbons (Fsp3) is 0.227. The van der Waals surface area contributed by atoms with E-state index in [9.17, 15) is 9.90 Å². The van der Waals surface area contributed by atoms with Crippen molar-refractivity contribution in [2.75, 3.05) is 14.2 Å². The Hall–Kier alpha value is -3.01. The molecule has 3 rings (SSSR count). The van der Waals surface area contributed by atoms with Gasteiger partial charge in [0.05, 0.1) is 14.2 Å². The minimum Gasteiger partial charge on any atom is -0.504 e. The molecule has 4 heteroatoms. The van der Waals surface area contributed by atoms with Gasteiger partial charge < -0.3 is 14.6 Å². The van der Waals surface area contributed by atoms with Gasteiger partial charge in [0.2, 0.25) is 0 Å². The average molecular weight is 350 g/mol. The second-order valence-corrected chi connectivity index (χ2v) is 6.33. The maximum atomic E-state index is 12.7. The lowest BCUT2D eigenvalue weighted by molar-refractivity contribution is -0.111. The zero-order valence-electron chi connectivity index (χ0n) is 15.2. The Morgan fingerprint density at radius 1 is 0.885 bits per heavy atom. The minimum atomic E-state index is 0.0663. The van der Waals surface area contributed by atoms with E-state index >= 15 is 0 Å². The van der Waals surface area contributed by atoms with Gasteiger partial charge in [0.15, 0.2) is 17.3 Å². The van der Waals surface area contributed by atoms with Gasteiger partial charge in [-0.2, -0.15) is 0 Å². The van der Waals surface area contributed by atoms with Crippen LogP contribution in [0.15, 0.2) is 47.5 Å². The lowest BCUT2D eigenvalue weighted by Crippen LogP contribution is -1.96. The van der Waals surface area contributed by atoms with Gasteiger partial charge in [-0.25, -0.2) is 0 Å². The fourth-order valence-corrected chi connectivity index (χ4v) is 3.09. The van der Waals surface area contributed by atoms with Gasteiger partial charge in [-0.3, -0.25) is 4.79 Å². The fourth-order valence-electron chi connectivity index (χ4n) is 3.09. The number of aromatic hydroxyl groups is 1. The number of hydrogen-bond acceptors (Lipinski definition) is 4. The molecule has 2 aromatic rings. The molecule has 0 aromatic heterocycles. The van der Waals surface area contributed by atoms with Crippen molar-refractivity contribution in [1.82, 2.24) is 0 Å². The standard InChI is InChI=1S/C22H22O4/c1-14-4-5-15(12-20(14)25-2)10-17-7-8-18(22(17)24)11-16-6-9-19(23)21(13-16)26-3/h4-6,9-13,23H,7-8H2,1-3H3/b17-10+,18-11+. The second-order valence-electron chi connectivity index (χ2n) is 6.33. The third-order valence-corrected chi connectivity index (χ3v) is 4.56. The number of phenols is 1. The number of rotatable bonds is 4. The molecule has 0 bridgehead atoms. The van der Waals surface area contributed by atoms with Crippen LogP contribution in [0.4, 0.5) is 0 Å². The summed E-state index contributed by atoms with van der Waals surface area (Å²) < 4.78 is 10.5. The summed E-state index contributed by atoms with van der Waals surface area (Å²) in [6.45, 7) is 1.99. The summed E-state index contributed by atoms with van der Waals surface area (Å²) in [4.78, 5) is 12.7. The van der Waals surface area contributed by atoms with Crippen LogP contribution < -0.4 is 9.47 Å². The van der Waals surface area contributed by atoms with Crippen LogP contribution in [-0.4, -0.2) is 25.1 Å². The first-order valence-corrected chi connectivity index (χ1v) is 8.49. The van der Waals surface area contributed by atoms with Crippen molar-refractivity contribution in [2.24, 2.45) is 0 Å². The van der Waals surface area contributed by atoms with Crippen LogP contribution in [0, 0.1) is 6.92 Å². The molecule has 0 spiro atoms. The topological polar surface area (TPSA) is 55.8 Å². The van der Waals surface area contributed by atoms with Gasteiger partial charge in [-0.15, -0.1) is 0 Å². The van der Waals surface area contributed by atoms with Gasteiger partial charge in [0, 0.05) is 11.1 Å². The highest BCUT2D eigenvalue weighted by Gasteiger charge is 2.23. The monoisotopic (exact) mass is 350 g/mol. The molecule has 0 saturated heterocycles. The van der Waals surface area contributed by atoms with Gasteiger partial charge in [0.1, 0.15) is 5.75 Å². The molecule has 0 aliphatic heterocycles. The van der Waals surface area contributed by atoms with Crippen molar-refractivity contribution >= 4 is 17.9 Å². The zero-order chi connectivity index (χ0) is 18.7. The van der Waals surface area contributed by atoms with Crippen molar-refractivity contribution in [3.63, 3.8) is 0 Å². The van der Waals surface area contributed by atoms with E-state index in [1.165, 1.54) is 7.11 Å². The summed E-state index contributed by atoms with van der Waals surface area (Å²) in [6, 6.07) is 11.0. The highest BCUT2D eigenvalue weighted by atomic mass is 16.5. The van der Waals surface area contributed by atoms with Crippen LogP contribution in [-0.2, 0) is 4.79 Å². The van der Waals surface area contributed by atoms with Crippen molar-refractivity contribution in [3.8, 4) is 17.2 Å². The van der Waals surface area contributed by atoms with E-state index in [4.69, 9.17) is 9.47 Å². The maximum Gasteiger partial charge on any atom is 0.185 e. The van der Waals surface area contributed by atoms with Gasteiger partial charge in [-0.1, -0.05) is 18.2 Å². The third-order valence-electron chi connectivity index (χ3n) is 4.56. The van der Waals surface area contributed by atoms with Crippen molar-refractivity contribution < 1.29 is 19.4 Å². The molecule has 26 heavy (non-hydrogen) atoms. The zero-order valence-corrected chi connectivity index (χ0v) is 15.2. The van der Waals surface area contributed by atoms with Crippen LogP contribution in [0.3, 0.4) is 0 Å². The van der Waals surface area contributed by atoms with Crippen molar-refractivity contribution in [2.45, 2.75) is 19.8 Å². The number of phenolic OH excluding ortho intramolecular Hbond substituents is 1. The predicted molar refractivity (Wildman–Crippen MR) is 103 cm³/mol. The minimum absolute atomic E-state index is 0.0663. The van der Waals surface area contributed by atoms with E-state index < -0.39 is 0 Å². The number of ketones is 1. The third kappa shape index (κ3) is 3.64. The summed E-state index contributed by atoms with van der Waals surface area (Å²) in [5.74, 6) is 1.36. The molecular weight excluding hydrogens is 328 g/mol. The van der Waals surface area contributed by atoms with E-state index in [2.05, 4.69) is 0 Å².